The van der Waals surface area contributed by atoms with Crippen LogP contribution in [0.1, 0.15) is 30.0 Å². The minimum Gasteiger partial charge on any atom is -0.466 e. The van der Waals surface area contributed by atoms with Gasteiger partial charge in [-0.15, -0.1) is 0 Å². The third-order valence-electron chi connectivity index (χ3n) is 3.28. The van der Waals surface area contributed by atoms with Crippen molar-refractivity contribution in [3.63, 3.8) is 0 Å². The Kier molecular flexibility index (Phi) is 4.09. The molecule has 2 aromatic rings. The summed E-state index contributed by atoms with van der Waals surface area (Å²) < 4.78 is 42.4. The zero-order valence-corrected chi connectivity index (χ0v) is 13.2. The van der Waals surface area contributed by atoms with Crippen LogP contribution >= 0.6 is 0 Å². The van der Waals surface area contributed by atoms with E-state index in [1.807, 2.05) is 26.8 Å². The van der Waals surface area contributed by atoms with Gasteiger partial charge in [0, 0.05) is 11.8 Å². The fraction of sp³-hybridized carbons (Fsp3) is 0.333. The topological polar surface area (TPSA) is 59.3 Å². The van der Waals surface area contributed by atoms with Gasteiger partial charge < -0.3 is 9.73 Å². The van der Waals surface area contributed by atoms with Crippen molar-refractivity contribution in [1.82, 2.24) is 0 Å². The van der Waals surface area contributed by atoms with Crippen LogP contribution in [0.2, 0.25) is 0 Å². The number of benzene rings is 1. The number of aryl methyl sites for hydroxylation is 2. The minimum atomic E-state index is -3.37. The highest BCUT2D eigenvalue weighted by atomic mass is 32.2. The molecule has 1 atom stereocenters. The fourth-order valence-electron chi connectivity index (χ4n) is 2.24. The van der Waals surface area contributed by atoms with E-state index in [2.05, 4.69) is 5.32 Å². The Balaban J connectivity index is 2.33. The van der Waals surface area contributed by atoms with Gasteiger partial charge in [-0.3, -0.25) is 0 Å². The van der Waals surface area contributed by atoms with E-state index >= 15 is 0 Å². The third kappa shape index (κ3) is 3.44. The first kappa shape index (κ1) is 15.6. The number of furan rings is 1. The Morgan fingerprint density at radius 1 is 1.24 bits per heavy atom. The molecule has 0 saturated heterocycles. The second-order valence-electron chi connectivity index (χ2n) is 5.15. The fourth-order valence-corrected chi connectivity index (χ4v) is 2.88. The quantitative estimate of drug-likeness (QED) is 0.876. The molecule has 0 saturated carbocycles. The average molecular weight is 311 g/mol. The van der Waals surface area contributed by atoms with E-state index in [0.717, 1.165) is 29.4 Å². The first-order chi connectivity index (χ1) is 9.68. The molecular formula is C15H18FNO3S. The molecule has 0 bridgehead atoms. The van der Waals surface area contributed by atoms with Crippen molar-refractivity contribution in [2.24, 2.45) is 0 Å². The molecule has 0 aliphatic rings. The molecule has 0 aliphatic carbocycles. The van der Waals surface area contributed by atoms with E-state index in [-0.39, 0.29) is 16.6 Å². The van der Waals surface area contributed by atoms with Gasteiger partial charge in [-0.05, 0) is 45.0 Å². The molecule has 0 radical (unpaired) electrons. The van der Waals surface area contributed by atoms with Gasteiger partial charge in [-0.1, -0.05) is 0 Å². The van der Waals surface area contributed by atoms with Crippen LogP contribution in [-0.4, -0.2) is 14.7 Å². The number of anilines is 1. The molecule has 0 amide bonds. The Bertz CT molecular complexity index is 765. The highest BCUT2D eigenvalue weighted by molar-refractivity contribution is 7.90. The van der Waals surface area contributed by atoms with Gasteiger partial charge in [0.2, 0.25) is 0 Å². The van der Waals surface area contributed by atoms with Crippen LogP contribution in [-0.2, 0) is 9.84 Å². The lowest BCUT2D eigenvalue weighted by Gasteiger charge is -2.16. The highest BCUT2D eigenvalue weighted by Gasteiger charge is 2.16. The summed E-state index contributed by atoms with van der Waals surface area (Å²) in [6.45, 7) is 5.54. The monoisotopic (exact) mass is 311 g/mol. The molecule has 21 heavy (non-hydrogen) atoms. The second kappa shape index (κ2) is 5.52. The molecule has 0 spiro atoms. The van der Waals surface area contributed by atoms with E-state index in [4.69, 9.17) is 4.42 Å². The van der Waals surface area contributed by atoms with Gasteiger partial charge in [0.1, 0.15) is 17.3 Å². The largest absolute Gasteiger partial charge is 0.466 e. The molecule has 6 heteroatoms. The normalized spacial score (nSPS) is 13.2. The second-order valence-corrected chi connectivity index (χ2v) is 7.16. The summed E-state index contributed by atoms with van der Waals surface area (Å²) in [6, 6.07) is 5.40. The van der Waals surface area contributed by atoms with Crippen LogP contribution in [0, 0.1) is 19.7 Å². The molecule has 1 unspecified atom stereocenters. The van der Waals surface area contributed by atoms with E-state index < -0.39 is 15.7 Å². The SMILES string of the molecule is Cc1cc(C(C)Nc2cc(S(C)(=O)=O)ccc2F)c(C)o1. The molecule has 4 nitrogen and oxygen atoms in total. The lowest BCUT2D eigenvalue weighted by atomic mass is 10.1. The number of nitrogens with one attached hydrogen (secondary N) is 1. The molecule has 1 aromatic heterocycles. The van der Waals surface area contributed by atoms with Gasteiger partial charge in [-0.2, -0.15) is 0 Å². The molecule has 0 aliphatic heterocycles. The van der Waals surface area contributed by atoms with Crippen LogP contribution in [0.15, 0.2) is 33.6 Å². The molecular weight excluding hydrogens is 293 g/mol. The minimum absolute atomic E-state index is 0.0821. The van der Waals surface area contributed by atoms with Crippen LogP contribution in [0.25, 0.3) is 0 Å². The van der Waals surface area contributed by atoms with Gasteiger partial charge in [-0.25, -0.2) is 12.8 Å². The predicted octanol–water partition coefficient (Wildman–Crippen LogP) is 3.61. The van der Waals surface area contributed by atoms with E-state index in [1.165, 1.54) is 12.1 Å². The first-order valence-electron chi connectivity index (χ1n) is 6.51. The standard InChI is InChI=1S/C15H18FNO3S/c1-9-7-13(11(3)20-9)10(2)17-15-8-12(21(4,18)19)5-6-14(15)16/h5-8,10,17H,1-4H3. The maximum absolute atomic E-state index is 13.9. The summed E-state index contributed by atoms with van der Waals surface area (Å²) in [5.74, 6) is 1.04. The van der Waals surface area contributed by atoms with Crippen LogP contribution in [0.5, 0.6) is 0 Å². The summed E-state index contributed by atoms with van der Waals surface area (Å²) in [5, 5.41) is 2.99. The van der Waals surface area contributed by atoms with Crippen molar-refractivity contribution in [1.29, 1.82) is 0 Å². The van der Waals surface area contributed by atoms with Crippen molar-refractivity contribution in [2.75, 3.05) is 11.6 Å². The van der Waals surface area contributed by atoms with Crippen LogP contribution in [0.3, 0.4) is 0 Å². The average Bonchev–Trinajstić information content (AvgIpc) is 2.70. The van der Waals surface area contributed by atoms with Crippen molar-refractivity contribution >= 4 is 15.5 Å². The Labute approximate surface area is 123 Å². The van der Waals surface area contributed by atoms with E-state index in [9.17, 15) is 12.8 Å². The van der Waals surface area contributed by atoms with Crippen LogP contribution < -0.4 is 5.32 Å². The molecule has 1 N–H and O–H groups in total. The zero-order chi connectivity index (χ0) is 15.8. The molecule has 114 valence electrons. The predicted molar refractivity (Wildman–Crippen MR) is 79.7 cm³/mol. The molecule has 1 heterocycles. The Morgan fingerprint density at radius 3 is 2.43 bits per heavy atom. The Morgan fingerprint density at radius 2 is 1.90 bits per heavy atom. The number of hydrogen-bond acceptors (Lipinski definition) is 4. The van der Waals surface area contributed by atoms with Crippen molar-refractivity contribution in [2.45, 2.75) is 31.7 Å². The lowest BCUT2D eigenvalue weighted by molar-refractivity contribution is 0.499. The van der Waals surface area contributed by atoms with Crippen molar-refractivity contribution in [3.8, 4) is 0 Å². The molecule has 0 fully saturated rings. The summed E-state index contributed by atoms with van der Waals surface area (Å²) >= 11 is 0. The molecule has 2 rings (SSSR count). The first-order valence-corrected chi connectivity index (χ1v) is 8.40. The van der Waals surface area contributed by atoms with Crippen molar-refractivity contribution in [3.05, 3.63) is 47.2 Å². The van der Waals surface area contributed by atoms with Crippen molar-refractivity contribution < 1.29 is 17.2 Å². The summed E-state index contributed by atoms with van der Waals surface area (Å²) in [7, 11) is -3.37. The Hall–Kier alpha value is -1.82. The highest BCUT2D eigenvalue weighted by Crippen LogP contribution is 2.27. The number of halogens is 1. The number of hydrogen-bond donors (Lipinski definition) is 1. The summed E-state index contributed by atoms with van der Waals surface area (Å²) in [5.41, 5.74) is 1.07. The summed E-state index contributed by atoms with van der Waals surface area (Å²) in [4.78, 5) is 0.0821. The molecule has 1 aromatic carbocycles. The zero-order valence-electron chi connectivity index (χ0n) is 12.4. The maximum atomic E-state index is 13.9. The van der Waals surface area contributed by atoms with E-state index in [1.54, 1.807) is 0 Å². The van der Waals surface area contributed by atoms with Gasteiger partial charge in [0.15, 0.2) is 9.84 Å². The smallest absolute Gasteiger partial charge is 0.175 e. The van der Waals surface area contributed by atoms with Gasteiger partial charge >= 0.3 is 0 Å². The lowest BCUT2D eigenvalue weighted by Crippen LogP contribution is -2.09. The number of sulfone groups is 1. The van der Waals surface area contributed by atoms with E-state index in [0.29, 0.717) is 0 Å². The van der Waals surface area contributed by atoms with Gasteiger partial charge in [0.05, 0.1) is 16.6 Å². The summed E-state index contributed by atoms with van der Waals surface area (Å²) in [6.07, 6.45) is 1.09. The maximum Gasteiger partial charge on any atom is 0.175 e. The number of rotatable bonds is 4. The van der Waals surface area contributed by atoms with Gasteiger partial charge in [0.25, 0.3) is 0 Å². The third-order valence-corrected chi connectivity index (χ3v) is 4.39. The van der Waals surface area contributed by atoms with Crippen LogP contribution in [0.4, 0.5) is 10.1 Å².